The van der Waals surface area contributed by atoms with Gasteiger partial charge in [0.15, 0.2) is 0 Å². The van der Waals surface area contributed by atoms with Crippen molar-refractivity contribution in [2.45, 2.75) is 110 Å². The third-order valence-corrected chi connectivity index (χ3v) is 7.73. The van der Waals surface area contributed by atoms with E-state index in [2.05, 4.69) is 27.7 Å². The molecule has 9 heteroatoms. The summed E-state index contributed by atoms with van der Waals surface area (Å²) in [6, 6.07) is 3.41. The molecule has 0 saturated carbocycles. The molecule has 2 aliphatic rings. The quantitative estimate of drug-likeness (QED) is 0.307. The molecule has 0 aromatic carbocycles. The number of hydrogen-bond acceptors (Lipinski definition) is 6. The number of aliphatic carboxylic acids is 1. The van der Waals surface area contributed by atoms with Crippen molar-refractivity contribution in [3.05, 3.63) is 23.4 Å². The topological polar surface area (TPSA) is 107 Å². The molecule has 0 radical (unpaired) electrons. The summed E-state index contributed by atoms with van der Waals surface area (Å²) < 4.78 is 5.77. The molecular formula is C29H49N5O4. The van der Waals surface area contributed by atoms with Crippen molar-refractivity contribution < 1.29 is 19.4 Å². The summed E-state index contributed by atoms with van der Waals surface area (Å²) in [6.45, 7) is 11.9. The van der Waals surface area contributed by atoms with Crippen molar-refractivity contribution in [1.29, 1.82) is 0 Å². The molecule has 3 rings (SSSR count). The smallest absolute Gasteiger partial charge is 0.326 e. The van der Waals surface area contributed by atoms with Crippen LogP contribution in [-0.2, 0) is 22.4 Å². The minimum Gasteiger partial charge on any atom is -0.480 e. The molecule has 1 aromatic rings. The zero-order valence-corrected chi connectivity index (χ0v) is 23.9. The van der Waals surface area contributed by atoms with Crippen molar-refractivity contribution in [3.8, 4) is 0 Å². The molecule has 1 saturated heterocycles. The number of nitrogens with one attached hydrogen (secondary N) is 2. The SMILES string of the molecule is CC(C)OCCN(CCCCc1ccc2c(n1)NCCC2)CCC(NC(=O)N1C(C)CCCC1C)C(=O)O. The Morgan fingerprint density at radius 3 is 2.63 bits per heavy atom. The van der Waals surface area contributed by atoms with Crippen molar-refractivity contribution in [1.82, 2.24) is 20.1 Å². The number of urea groups is 1. The lowest BCUT2D eigenvalue weighted by molar-refractivity contribution is -0.139. The Labute approximate surface area is 228 Å². The Morgan fingerprint density at radius 2 is 1.92 bits per heavy atom. The molecule has 9 nitrogen and oxygen atoms in total. The standard InChI is InChI=1S/C29H49N5O4/c1-21(2)38-20-19-33(17-6-5-12-25-14-13-24-11-8-16-30-27(24)31-25)18-15-26(28(35)36)32-29(37)34-22(3)9-7-10-23(34)4/h13-14,21-23,26H,5-12,15-20H2,1-4H3,(H,30,31)(H,32,37)(H,35,36). The van der Waals surface area contributed by atoms with Gasteiger partial charge in [-0.15, -0.1) is 0 Å². The van der Waals surface area contributed by atoms with E-state index in [9.17, 15) is 14.7 Å². The van der Waals surface area contributed by atoms with Gasteiger partial charge in [-0.3, -0.25) is 0 Å². The molecule has 0 bridgehead atoms. The number of aryl methyl sites for hydroxylation is 2. The van der Waals surface area contributed by atoms with E-state index >= 15 is 0 Å². The number of unbranched alkanes of at least 4 members (excludes halogenated alkanes) is 1. The number of carboxylic acids is 1. The van der Waals surface area contributed by atoms with E-state index in [0.29, 0.717) is 19.6 Å². The number of ether oxygens (including phenoxy) is 1. The number of likely N-dealkylation sites (tertiary alicyclic amines) is 1. The fraction of sp³-hybridized carbons (Fsp3) is 0.759. The summed E-state index contributed by atoms with van der Waals surface area (Å²) in [5, 5.41) is 16.1. The highest BCUT2D eigenvalue weighted by atomic mass is 16.5. The second-order valence-corrected chi connectivity index (χ2v) is 11.2. The van der Waals surface area contributed by atoms with E-state index in [1.54, 1.807) is 0 Å². The maximum absolute atomic E-state index is 13.0. The highest BCUT2D eigenvalue weighted by Gasteiger charge is 2.31. The minimum atomic E-state index is -0.985. The predicted molar refractivity (Wildman–Crippen MR) is 151 cm³/mol. The van der Waals surface area contributed by atoms with Gasteiger partial charge >= 0.3 is 12.0 Å². The number of carbonyl (C=O) groups is 2. The van der Waals surface area contributed by atoms with E-state index in [1.807, 2.05) is 32.6 Å². The third-order valence-electron chi connectivity index (χ3n) is 7.73. The Balaban J connectivity index is 1.50. The van der Waals surface area contributed by atoms with Gasteiger partial charge in [0.25, 0.3) is 0 Å². The Hall–Kier alpha value is -2.39. The van der Waals surface area contributed by atoms with E-state index in [0.717, 1.165) is 82.5 Å². The summed E-state index contributed by atoms with van der Waals surface area (Å²) >= 11 is 0. The van der Waals surface area contributed by atoms with Gasteiger partial charge in [-0.2, -0.15) is 0 Å². The third kappa shape index (κ3) is 9.42. The normalized spacial score (nSPS) is 20.2. The number of nitrogens with zero attached hydrogens (tertiary/aromatic N) is 3. The van der Waals surface area contributed by atoms with E-state index in [4.69, 9.17) is 9.72 Å². The second kappa shape index (κ2) is 15.3. The van der Waals surface area contributed by atoms with Crippen LogP contribution in [0.4, 0.5) is 10.6 Å². The molecule has 214 valence electrons. The van der Waals surface area contributed by atoms with Gasteiger partial charge in [0.2, 0.25) is 0 Å². The first-order valence-electron chi connectivity index (χ1n) is 14.6. The highest BCUT2D eigenvalue weighted by molar-refractivity contribution is 5.83. The second-order valence-electron chi connectivity index (χ2n) is 11.2. The van der Waals surface area contributed by atoms with Gasteiger partial charge in [0.1, 0.15) is 11.9 Å². The first-order chi connectivity index (χ1) is 18.2. The number of aromatic nitrogens is 1. The van der Waals surface area contributed by atoms with E-state index < -0.39 is 12.0 Å². The van der Waals surface area contributed by atoms with Crippen molar-refractivity contribution in [2.24, 2.45) is 0 Å². The van der Waals surface area contributed by atoms with Crippen LogP contribution >= 0.6 is 0 Å². The lowest BCUT2D eigenvalue weighted by atomic mass is 9.98. The summed E-state index contributed by atoms with van der Waals surface area (Å²) in [6.07, 6.45) is 8.69. The van der Waals surface area contributed by atoms with Gasteiger partial charge in [-0.05, 0) is 104 Å². The van der Waals surface area contributed by atoms with Crippen LogP contribution in [0.15, 0.2) is 12.1 Å². The molecule has 3 N–H and O–H groups in total. The van der Waals surface area contributed by atoms with Crippen molar-refractivity contribution in [3.63, 3.8) is 0 Å². The fourth-order valence-corrected chi connectivity index (χ4v) is 5.52. The number of anilines is 1. The van der Waals surface area contributed by atoms with Gasteiger partial charge < -0.3 is 30.3 Å². The lowest BCUT2D eigenvalue weighted by Gasteiger charge is -2.39. The Morgan fingerprint density at radius 1 is 1.16 bits per heavy atom. The van der Waals surface area contributed by atoms with Crippen molar-refractivity contribution in [2.75, 3.05) is 38.1 Å². The first-order valence-corrected chi connectivity index (χ1v) is 14.6. The number of amides is 2. The summed E-state index contributed by atoms with van der Waals surface area (Å²) in [5.74, 6) is 0.0532. The molecule has 2 aliphatic heterocycles. The number of carboxylic acid groups (broad SMARTS) is 1. The summed E-state index contributed by atoms with van der Waals surface area (Å²) in [7, 11) is 0. The van der Waals surface area contributed by atoms with E-state index in [-0.39, 0.29) is 24.2 Å². The molecule has 0 spiro atoms. The van der Waals surface area contributed by atoms with Crippen LogP contribution < -0.4 is 10.6 Å². The average molecular weight is 532 g/mol. The van der Waals surface area contributed by atoms with Gasteiger partial charge in [-0.25, -0.2) is 14.6 Å². The van der Waals surface area contributed by atoms with Gasteiger partial charge in [0.05, 0.1) is 12.7 Å². The molecule has 2 amide bonds. The predicted octanol–water partition coefficient (Wildman–Crippen LogP) is 4.31. The monoisotopic (exact) mass is 531 g/mol. The van der Waals surface area contributed by atoms with Crippen LogP contribution in [0.2, 0.25) is 0 Å². The number of piperidine rings is 1. The van der Waals surface area contributed by atoms with Crippen LogP contribution in [0, 0.1) is 0 Å². The average Bonchev–Trinajstić information content (AvgIpc) is 2.87. The lowest BCUT2D eigenvalue weighted by Crippen LogP contribution is -2.55. The van der Waals surface area contributed by atoms with E-state index in [1.165, 1.54) is 5.56 Å². The van der Waals surface area contributed by atoms with Crippen LogP contribution in [-0.4, -0.2) is 88.9 Å². The molecule has 0 aliphatic carbocycles. The number of carbonyl (C=O) groups excluding carboxylic acids is 1. The minimum absolute atomic E-state index is 0.123. The highest BCUT2D eigenvalue weighted by Crippen LogP contribution is 2.23. The number of rotatable bonds is 14. The Bertz CT molecular complexity index is 886. The molecule has 38 heavy (non-hydrogen) atoms. The number of fused-ring (bicyclic) bond motifs is 1. The molecule has 1 aromatic heterocycles. The van der Waals surface area contributed by atoms with Crippen LogP contribution in [0.1, 0.15) is 83.9 Å². The Kier molecular flexibility index (Phi) is 12.1. The maximum Gasteiger partial charge on any atom is 0.326 e. The number of hydrogen-bond donors (Lipinski definition) is 3. The van der Waals surface area contributed by atoms with Gasteiger partial charge in [-0.1, -0.05) is 6.07 Å². The number of pyridine rings is 1. The molecular weight excluding hydrogens is 482 g/mol. The molecule has 3 atom stereocenters. The molecule has 3 unspecified atom stereocenters. The van der Waals surface area contributed by atoms with Crippen LogP contribution in [0.5, 0.6) is 0 Å². The maximum atomic E-state index is 13.0. The fourth-order valence-electron chi connectivity index (χ4n) is 5.52. The first kappa shape index (κ1) is 30.2. The zero-order chi connectivity index (χ0) is 27.5. The van der Waals surface area contributed by atoms with Crippen molar-refractivity contribution >= 4 is 17.8 Å². The zero-order valence-electron chi connectivity index (χ0n) is 23.9. The largest absolute Gasteiger partial charge is 0.480 e. The van der Waals surface area contributed by atoms with Crippen LogP contribution in [0.25, 0.3) is 0 Å². The van der Waals surface area contributed by atoms with Gasteiger partial charge in [0, 0.05) is 37.4 Å². The molecule has 1 fully saturated rings. The summed E-state index contributed by atoms with van der Waals surface area (Å²) in [5.41, 5.74) is 2.42. The molecule has 3 heterocycles. The summed E-state index contributed by atoms with van der Waals surface area (Å²) in [4.78, 5) is 33.9. The van der Waals surface area contributed by atoms with Crippen LogP contribution in [0.3, 0.4) is 0 Å².